The molecule has 1 aliphatic rings. The SMILES string of the molecule is Cc1cc(OCC2CCNCC2)cc2c(=O)[nH]c(-c3cc4ccsc4cn3)nc12. The van der Waals surface area contributed by atoms with Crippen molar-refractivity contribution in [3.63, 3.8) is 0 Å². The minimum absolute atomic E-state index is 0.173. The van der Waals surface area contributed by atoms with Gasteiger partial charge in [0.1, 0.15) is 11.4 Å². The van der Waals surface area contributed by atoms with Gasteiger partial charge in [0.15, 0.2) is 5.82 Å². The molecule has 1 saturated heterocycles. The molecule has 0 bridgehead atoms. The van der Waals surface area contributed by atoms with Crippen LogP contribution in [0.5, 0.6) is 5.75 Å². The fraction of sp³-hybridized carbons (Fsp3) is 0.318. The van der Waals surface area contributed by atoms with E-state index in [4.69, 9.17) is 9.72 Å². The molecule has 7 heteroatoms. The van der Waals surface area contributed by atoms with Crippen molar-refractivity contribution in [1.29, 1.82) is 0 Å². The smallest absolute Gasteiger partial charge is 0.259 e. The molecule has 1 fully saturated rings. The number of aromatic nitrogens is 3. The topological polar surface area (TPSA) is 79.9 Å². The molecule has 0 spiro atoms. The summed E-state index contributed by atoms with van der Waals surface area (Å²) >= 11 is 1.64. The summed E-state index contributed by atoms with van der Waals surface area (Å²) in [5.74, 6) is 1.78. The number of hydrogen-bond donors (Lipinski definition) is 2. The maximum Gasteiger partial charge on any atom is 0.259 e. The summed E-state index contributed by atoms with van der Waals surface area (Å²) in [6.45, 7) is 4.73. The van der Waals surface area contributed by atoms with Gasteiger partial charge in [-0.25, -0.2) is 4.98 Å². The van der Waals surface area contributed by atoms with E-state index >= 15 is 0 Å². The molecule has 3 aromatic heterocycles. The summed E-state index contributed by atoms with van der Waals surface area (Å²) in [5, 5.41) is 7.04. The lowest BCUT2D eigenvalue weighted by atomic mass is 9.99. The number of aromatic amines is 1. The van der Waals surface area contributed by atoms with Gasteiger partial charge in [-0.05, 0) is 79.4 Å². The molecular weight excluding hydrogens is 384 g/mol. The van der Waals surface area contributed by atoms with Crippen molar-refractivity contribution < 1.29 is 4.74 Å². The van der Waals surface area contributed by atoms with E-state index in [1.54, 1.807) is 17.4 Å². The summed E-state index contributed by atoms with van der Waals surface area (Å²) in [6, 6.07) is 7.77. The largest absolute Gasteiger partial charge is 0.493 e. The Morgan fingerprint density at radius 1 is 1.24 bits per heavy atom. The average molecular weight is 407 g/mol. The first-order valence-electron chi connectivity index (χ1n) is 9.89. The number of piperidine rings is 1. The maximum absolute atomic E-state index is 12.8. The van der Waals surface area contributed by atoms with E-state index in [1.165, 1.54) is 0 Å². The summed E-state index contributed by atoms with van der Waals surface area (Å²) in [4.78, 5) is 24.9. The molecule has 0 aliphatic carbocycles. The predicted octanol–water partition coefficient (Wildman–Crippen LogP) is 3.89. The van der Waals surface area contributed by atoms with Crippen LogP contribution in [-0.4, -0.2) is 34.6 Å². The molecule has 148 valence electrons. The first-order valence-corrected chi connectivity index (χ1v) is 10.8. The van der Waals surface area contributed by atoms with Crippen LogP contribution in [-0.2, 0) is 0 Å². The molecule has 5 rings (SSSR count). The third-order valence-corrected chi connectivity index (χ3v) is 6.37. The Morgan fingerprint density at radius 3 is 2.97 bits per heavy atom. The second kappa shape index (κ2) is 7.57. The third kappa shape index (κ3) is 3.63. The number of benzene rings is 1. The van der Waals surface area contributed by atoms with Gasteiger partial charge in [-0.1, -0.05) is 0 Å². The zero-order valence-corrected chi connectivity index (χ0v) is 17.0. The van der Waals surface area contributed by atoms with Gasteiger partial charge in [-0.15, -0.1) is 11.3 Å². The van der Waals surface area contributed by atoms with Gasteiger partial charge in [0, 0.05) is 6.20 Å². The normalized spacial score (nSPS) is 15.2. The average Bonchev–Trinajstić information content (AvgIpc) is 3.21. The number of fused-ring (bicyclic) bond motifs is 2. The van der Waals surface area contributed by atoms with Gasteiger partial charge in [-0.2, -0.15) is 0 Å². The number of aryl methyl sites for hydroxylation is 1. The van der Waals surface area contributed by atoms with Crippen molar-refractivity contribution in [2.45, 2.75) is 19.8 Å². The molecule has 1 aliphatic heterocycles. The molecule has 0 atom stereocenters. The van der Waals surface area contributed by atoms with Gasteiger partial charge in [0.25, 0.3) is 5.56 Å². The van der Waals surface area contributed by atoms with Crippen molar-refractivity contribution >= 4 is 32.3 Å². The Kier molecular flexibility index (Phi) is 4.77. The summed E-state index contributed by atoms with van der Waals surface area (Å²) < 4.78 is 7.14. The number of thiophene rings is 1. The minimum atomic E-state index is -0.173. The summed E-state index contributed by atoms with van der Waals surface area (Å²) in [5.41, 5.74) is 2.10. The summed E-state index contributed by atoms with van der Waals surface area (Å²) in [6.07, 6.45) is 4.07. The molecule has 6 nitrogen and oxygen atoms in total. The van der Waals surface area contributed by atoms with E-state index in [1.807, 2.05) is 36.7 Å². The van der Waals surface area contributed by atoms with E-state index in [9.17, 15) is 4.79 Å². The van der Waals surface area contributed by atoms with E-state index in [0.717, 1.165) is 47.3 Å². The third-order valence-electron chi connectivity index (χ3n) is 5.50. The van der Waals surface area contributed by atoms with Crippen molar-refractivity contribution in [1.82, 2.24) is 20.3 Å². The van der Waals surface area contributed by atoms with Gasteiger partial charge < -0.3 is 15.0 Å². The highest BCUT2D eigenvalue weighted by molar-refractivity contribution is 7.17. The van der Waals surface area contributed by atoms with Crippen LogP contribution in [0.15, 0.2) is 40.6 Å². The molecular formula is C22H22N4O2S. The highest BCUT2D eigenvalue weighted by Gasteiger charge is 2.15. The van der Waals surface area contributed by atoms with Gasteiger partial charge in [-0.3, -0.25) is 9.78 Å². The lowest BCUT2D eigenvalue weighted by Gasteiger charge is -2.22. The maximum atomic E-state index is 12.8. The molecule has 4 heterocycles. The molecule has 0 amide bonds. The molecule has 2 N–H and O–H groups in total. The zero-order valence-electron chi connectivity index (χ0n) is 16.2. The predicted molar refractivity (Wildman–Crippen MR) is 117 cm³/mol. The number of ether oxygens (including phenoxy) is 1. The fourth-order valence-electron chi connectivity index (χ4n) is 3.85. The van der Waals surface area contributed by atoms with Gasteiger partial charge >= 0.3 is 0 Å². The molecule has 0 radical (unpaired) electrons. The Balaban J connectivity index is 1.48. The van der Waals surface area contributed by atoms with Gasteiger partial charge in [0.05, 0.1) is 22.2 Å². The van der Waals surface area contributed by atoms with Crippen molar-refractivity contribution in [3.8, 4) is 17.3 Å². The monoisotopic (exact) mass is 406 g/mol. The molecule has 29 heavy (non-hydrogen) atoms. The van der Waals surface area contributed by atoms with Crippen molar-refractivity contribution in [3.05, 3.63) is 51.8 Å². The van der Waals surface area contributed by atoms with Crippen LogP contribution >= 0.6 is 11.3 Å². The van der Waals surface area contributed by atoms with E-state index in [-0.39, 0.29) is 5.56 Å². The number of hydrogen-bond acceptors (Lipinski definition) is 6. The Morgan fingerprint density at radius 2 is 2.10 bits per heavy atom. The first-order chi connectivity index (χ1) is 14.2. The lowest BCUT2D eigenvalue weighted by Crippen LogP contribution is -2.30. The Bertz CT molecular complexity index is 1240. The van der Waals surface area contributed by atoms with Crippen LogP contribution in [0.3, 0.4) is 0 Å². The highest BCUT2D eigenvalue weighted by atomic mass is 32.1. The van der Waals surface area contributed by atoms with E-state index in [0.29, 0.717) is 34.9 Å². The number of nitrogens with zero attached hydrogens (tertiary/aromatic N) is 2. The van der Waals surface area contributed by atoms with Crippen LogP contribution in [0.25, 0.3) is 32.5 Å². The second-order valence-electron chi connectivity index (χ2n) is 7.58. The van der Waals surface area contributed by atoms with Crippen LogP contribution in [0.1, 0.15) is 18.4 Å². The van der Waals surface area contributed by atoms with Crippen molar-refractivity contribution in [2.75, 3.05) is 19.7 Å². The van der Waals surface area contributed by atoms with Crippen molar-refractivity contribution in [2.24, 2.45) is 5.92 Å². The second-order valence-corrected chi connectivity index (χ2v) is 8.53. The Labute approximate surface area is 172 Å². The van der Waals surface area contributed by atoms with E-state index < -0.39 is 0 Å². The number of pyridine rings is 1. The number of rotatable bonds is 4. The lowest BCUT2D eigenvalue weighted by molar-refractivity contribution is 0.215. The number of H-pyrrole nitrogens is 1. The molecule has 0 unspecified atom stereocenters. The summed E-state index contributed by atoms with van der Waals surface area (Å²) in [7, 11) is 0. The highest BCUT2D eigenvalue weighted by Crippen LogP contribution is 2.26. The molecule has 0 saturated carbocycles. The van der Waals surface area contributed by atoms with Crippen LogP contribution in [0.4, 0.5) is 0 Å². The van der Waals surface area contributed by atoms with Crippen LogP contribution in [0, 0.1) is 12.8 Å². The van der Waals surface area contributed by atoms with E-state index in [2.05, 4.69) is 15.3 Å². The Hall–Kier alpha value is -2.77. The molecule has 1 aromatic carbocycles. The number of nitrogens with one attached hydrogen (secondary N) is 2. The van der Waals surface area contributed by atoms with Gasteiger partial charge in [0.2, 0.25) is 0 Å². The van der Waals surface area contributed by atoms with Crippen LogP contribution < -0.4 is 15.6 Å². The fourth-order valence-corrected chi connectivity index (χ4v) is 4.58. The quantitative estimate of drug-likeness (QED) is 0.538. The molecule has 4 aromatic rings. The zero-order chi connectivity index (χ0) is 19.8. The standard InChI is InChI=1S/C22H22N4O2S/c1-13-8-16(28-12-14-2-5-23-6-3-14)10-17-20(13)25-21(26-22(17)27)18-9-15-4-7-29-19(15)11-24-18/h4,7-11,14,23H,2-3,5-6,12H2,1H3,(H,25,26,27). The van der Waals surface area contributed by atoms with Crippen LogP contribution in [0.2, 0.25) is 0 Å². The minimum Gasteiger partial charge on any atom is -0.493 e. The first kappa shape index (κ1) is 18.3.